The smallest absolute Gasteiger partial charge is 0.189 e. The van der Waals surface area contributed by atoms with Gasteiger partial charge in [0.25, 0.3) is 0 Å². The lowest BCUT2D eigenvalue weighted by Crippen LogP contribution is -2.07. The lowest BCUT2D eigenvalue weighted by molar-refractivity contribution is 0.104. The van der Waals surface area contributed by atoms with Gasteiger partial charge < -0.3 is 14.7 Å². The van der Waals surface area contributed by atoms with Crippen molar-refractivity contribution in [2.45, 2.75) is 0 Å². The normalized spacial score (nSPS) is 10.7. The van der Waals surface area contributed by atoms with E-state index in [-0.39, 0.29) is 17.1 Å². The molecule has 4 nitrogen and oxygen atoms in total. The summed E-state index contributed by atoms with van der Waals surface area (Å²) in [5, 5.41) is 9.78. The van der Waals surface area contributed by atoms with Crippen molar-refractivity contribution in [3.8, 4) is 11.5 Å². The van der Waals surface area contributed by atoms with E-state index >= 15 is 0 Å². The lowest BCUT2D eigenvalue weighted by atomic mass is 10.1. The molecule has 0 saturated heterocycles. The first kappa shape index (κ1) is 15.6. The second-order valence-electron chi connectivity index (χ2n) is 5.07. The molecule has 0 aliphatic carbocycles. The predicted molar refractivity (Wildman–Crippen MR) is 88.8 cm³/mol. The van der Waals surface area contributed by atoms with Crippen molar-refractivity contribution in [1.82, 2.24) is 0 Å². The first-order chi connectivity index (χ1) is 10.5. The van der Waals surface area contributed by atoms with Crippen LogP contribution in [0.25, 0.3) is 6.08 Å². The highest BCUT2D eigenvalue weighted by atomic mass is 16.5. The number of carbonyl (C=O) groups is 1. The van der Waals surface area contributed by atoms with Gasteiger partial charge in [0.05, 0.1) is 12.7 Å². The van der Waals surface area contributed by atoms with E-state index in [1.807, 2.05) is 43.3 Å². The van der Waals surface area contributed by atoms with Gasteiger partial charge in [0.1, 0.15) is 11.5 Å². The molecule has 0 aliphatic heterocycles. The zero-order valence-corrected chi connectivity index (χ0v) is 12.9. The summed E-state index contributed by atoms with van der Waals surface area (Å²) in [6.07, 6.45) is 3.17. The van der Waals surface area contributed by atoms with Gasteiger partial charge in [-0.05, 0) is 42.0 Å². The molecule has 2 aromatic rings. The molecule has 0 unspecified atom stereocenters. The summed E-state index contributed by atoms with van der Waals surface area (Å²) < 4.78 is 5.07. The SMILES string of the molecule is COc1ccc(O)c(C(=O)/C=C/c2ccc(N(C)C)cc2)c1. The van der Waals surface area contributed by atoms with E-state index in [1.165, 1.54) is 25.3 Å². The number of aromatic hydroxyl groups is 1. The standard InChI is InChI=1S/C18H19NO3/c1-19(2)14-7-4-13(5-8-14)6-10-17(20)16-12-15(22-3)9-11-18(16)21/h4-12,21H,1-3H3/b10-6+. The maximum Gasteiger partial charge on any atom is 0.189 e. The zero-order valence-electron chi connectivity index (χ0n) is 12.9. The van der Waals surface area contributed by atoms with Crippen molar-refractivity contribution in [3.05, 3.63) is 59.7 Å². The number of rotatable bonds is 5. The fraction of sp³-hybridized carbons (Fsp3) is 0.167. The number of phenols is 1. The quantitative estimate of drug-likeness (QED) is 0.679. The first-order valence-electron chi connectivity index (χ1n) is 6.88. The number of anilines is 1. The maximum absolute atomic E-state index is 12.2. The summed E-state index contributed by atoms with van der Waals surface area (Å²) in [4.78, 5) is 14.2. The Morgan fingerprint density at radius 2 is 1.82 bits per heavy atom. The summed E-state index contributed by atoms with van der Waals surface area (Å²) in [6, 6.07) is 12.4. The molecule has 0 heterocycles. The van der Waals surface area contributed by atoms with E-state index in [2.05, 4.69) is 0 Å². The molecular formula is C18H19NO3. The van der Waals surface area contributed by atoms with Crippen LogP contribution in [0, 0.1) is 0 Å². The van der Waals surface area contributed by atoms with Crippen LogP contribution < -0.4 is 9.64 Å². The molecule has 2 rings (SSSR count). The van der Waals surface area contributed by atoms with Crippen LogP contribution in [0.1, 0.15) is 15.9 Å². The summed E-state index contributed by atoms with van der Waals surface area (Å²) in [6.45, 7) is 0. The van der Waals surface area contributed by atoms with Crippen molar-refractivity contribution in [1.29, 1.82) is 0 Å². The monoisotopic (exact) mass is 297 g/mol. The van der Waals surface area contributed by atoms with Gasteiger partial charge in [-0.3, -0.25) is 4.79 Å². The number of hydrogen-bond acceptors (Lipinski definition) is 4. The highest BCUT2D eigenvalue weighted by molar-refractivity contribution is 6.08. The molecule has 0 amide bonds. The third kappa shape index (κ3) is 3.67. The molecule has 0 fully saturated rings. The Morgan fingerprint density at radius 3 is 2.41 bits per heavy atom. The lowest BCUT2D eigenvalue weighted by Gasteiger charge is -2.11. The Balaban J connectivity index is 2.17. The molecule has 0 atom stereocenters. The minimum Gasteiger partial charge on any atom is -0.507 e. The van der Waals surface area contributed by atoms with E-state index in [1.54, 1.807) is 12.1 Å². The van der Waals surface area contributed by atoms with Crippen molar-refractivity contribution in [2.24, 2.45) is 0 Å². The van der Waals surface area contributed by atoms with Crippen LogP contribution in [0.2, 0.25) is 0 Å². The second-order valence-corrected chi connectivity index (χ2v) is 5.07. The van der Waals surface area contributed by atoms with Crippen LogP contribution in [-0.2, 0) is 0 Å². The molecule has 0 saturated carbocycles. The van der Waals surface area contributed by atoms with E-state index < -0.39 is 0 Å². The van der Waals surface area contributed by atoms with Gasteiger partial charge in [-0.1, -0.05) is 18.2 Å². The number of ether oxygens (including phenoxy) is 1. The van der Waals surface area contributed by atoms with Gasteiger partial charge in [0.2, 0.25) is 0 Å². The van der Waals surface area contributed by atoms with Crippen molar-refractivity contribution in [3.63, 3.8) is 0 Å². The highest BCUT2D eigenvalue weighted by Gasteiger charge is 2.09. The molecule has 0 spiro atoms. The third-order valence-electron chi connectivity index (χ3n) is 3.31. The van der Waals surface area contributed by atoms with Gasteiger partial charge in [-0.25, -0.2) is 0 Å². The number of phenolic OH excluding ortho intramolecular Hbond substituents is 1. The Kier molecular flexibility index (Phi) is 4.84. The number of hydrogen-bond donors (Lipinski definition) is 1. The molecule has 0 aliphatic rings. The topological polar surface area (TPSA) is 49.8 Å². The van der Waals surface area contributed by atoms with Crippen molar-refractivity contribution < 1.29 is 14.6 Å². The molecule has 22 heavy (non-hydrogen) atoms. The summed E-state index contributed by atoms with van der Waals surface area (Å²) in [5.74, 6) is 0.205. The minimum absolute atomic E-state index is 0.0570. The first-order valence-corrected chi connectivity index (χ1v) is 6.88. The fourth-order valence-electron chi connectivity index (χ4n) is 1.98. The average molecular weight is 297 g/mol. The van der Waals surface area contributed by atoms with Crippen LogP contribution in [0.15, 0.2) is 48.5 Å². The van der Waals surface area contributed by atoms with Crippen molar-refractivity contribution >= 4 is 17.5 Å². The van der Waals surface area contributed by atoms with E-state index in [9.17, 15) is 9.90 Å². The second kappa shape index (κ2) is 6.80. The zero-order chi connectivity index (χ0) is 16.1. The number of carbonyl (C=O) groups excluding carboxylic acids is 1. The van der Waals surface area contributed by atoms with Crippen LogP contribution in [0.4, 0.5) is 5.69 Å². The molecule has 114 valence electrons. The number of benzene rings is 2. The molecular weight excluding hydrogens is 278 g/mol. The van der Waals surface area contributed by atoms with Crippen molar-refractivity contribution in [2.75, 3.05) is 26.1 Å². The van der Waals surface area contributed by atoms with Gasteiger partial charge in [0, 0.05) is 19.8 Å². The van der Waals surface area contributed by atoms with Gasteiger partial charge in [-0.15, -0.1) is 0 Å². The highest BCUT2D eigenvalue weighted by Crippen LogP contribution is 2.24. The number of methoxy groups -OCH3 is 1. The Hall–Kier alpha value is -2.75. The van der Waals surface area contributed by atoms with Crippen LogP contribution in [0.5, 0.6) is 11.5 Å². The maximum atomic E-state index is 12.2. The van der Waals surface area contributed by atoms with E-state index in [4.69, 9.17) is 4.74 Å². The van der Waals surface area contributed by atoms with Crippen LogP contribution >= 0.6 is 0 Å². The van der Waals surface area contributed by atoms with Gasteiger partial charge in [-0.2, -0.15) is 0 Å². The summed E-state index contributed by atoms with van der Waals surface area (Å²) in [7, 11) is 5.46. The predicted octanol–water partition coefficient (Wildman–Crippen LogP) is 3.36. The number of allylic oxidation sites excluding steroid dienone is 1. The van der Waals surface area contributed by atoms with Gasteiger partial charge in [0.15, 0.2) is 5.78 Å². The largest absolute Gasteiger partial charge is 0.507 e. The van der Waals surface area contributed by atoms with Crippen LogP contribution in [0.3, 0.4) is 0 Å². The minimum atomic E-state index is -0.270. The molecule has 4 heteroatoms. The fourth-order valence-corrected chi connectivity index (χ4v) is 1.98. The number of ketones is 1. The van der Waals surface area contributed by atoms with Crippen LogP contribution in [-0.4, -0.2) is 32.1 Å². The number of nitrogens with zero attached hydrogens (tertiary/aromatic N) is 1. The Morgan fingerprint density at radius 1 is 1.14 bits per heavy atom. The summed E-state index contributed by atoms with van der Waals surface area (Å²) >= 11 is 0. The molecule has 0 bridgehead atoms. The van der Waals surface area contributed by atoms with E-state index in [0.29, 0.717) is 5.75 Å². The third-order valence-corrected chi connectivity index (χ3v) is 3.31. The molecule has 0 radical (unpaired) electrons. The molecule has 1 N–H and O–H groups in total. The van der Waals surface area contributed by atoms with Gasteiger partial charge >= 0.3 is 0 Å². The van der Waals surface area contributed by atoms with E-state index in [0.717, 1.165) is 11.3 Å². The molecule has 0 aromatic heterocycles. The average Bonchev–Trinajstić information content (AvgIpc) is 2.53. The summed E-state index contributed by atoms with van der Waals surface area (Å²) in [5.41, 5.74) is 2.23. The Bertz CT molecular complexity index is 688. The molecule has 2 aromatic carbocycles. The Labute approximate surface area is 130 Å².